The van der Waals surface area contributed by atoms with Crippen molar-refractivity contribution >= 4 is 17.7 Å². The summed E-state index contributed by atoms with van der Waals surface area (Å²) in [6.45, 7) is 1.86. The lowest BCUT2D eigenvalue weighted by atomic mass is 9.83. The van der Waals surface area contributed by atoms with Crippen molar-refractivity contribution in [3.05, 3.63) is 24.3 Å². The first-order valence-electron chi connectivity index (χ1n) is 7.63. The SMILES string of the molecule is COc1ccccc1S[C@H](C)C(=O)NC1(C#N)CCCCC1. The zero-order valence-corrected chi connectivity index (χ0v) is 13.9. The van der Waals surface area contributed by atoms with Gasteiger partial charge in [-0.05, 0) is 31.9 Å². The summed E-state index contributed by atoms with van der Waals surface area (Å²) in [4.78, 5) is 13.4. The summed E-state index contributed by atoms with van der Waals surface area (Å²) in [5, 5.41) is 12.2. The fourth-order valence-corrected chi connectivity index (χ4v) is 3.69. The highest BCUT2D eigenvalue weighted by molar-refractivity contribution is 8.00. The van der Waals surface area contributed by atoms with E-state index >= 15 is 0 Å². The van der Waals surface area contributed by atoms with Crippen LogP contribution in [0.15, 0.2) is 29.2 Å². The Bertz CT molecular complexity index is 562. The number of hydrogen-bond donors (Lipinski definition) is 1. The van der Waals surface area contributed by atoms with Crippen LogP contribution in [0.5, 0.6) is 5.75 Å². The van der Waals surface area contributed by atoms with Crippen LogP contribution in [0.25, 0.3) is 0 Å². The molecule has 5 heteroatoms. The molecule has 1 saturated carbocycles. The second-order valence-corrected chi connectivity index (χ2v) is 7.04. The van der Waals surface area contributed by atoms with Crippen molar-refractivity contribution in [3.63, 3.8) is 0 Å². The van der Waals surface area contributed by atoms with Crippen LogP contribution in [0.1, 0.15) is 39.0 Å². The van der Waals surface area contributed by atoms with Crippen LogP contribution < -0.4 is 10.1 Å². The number of methoxy groups -OCH3 is 1. The molecule has 0 bridgehead atoms. The highest BCUT2D eigenvalue weighted by Crippen LogP contribution is 2.33. The number of nitriles is 1. The Kier molecular flexibility index (Phi) is 5.73. The number of nitrogens with one attached hydrogen (secondary N) is 1. The van der Waals surface area contributed by atoms with Gasteiger partial charge in [-0.25, -0.2) is 0 Å². The monoisotopic (exact) mass is 318 g/mol. The first-order valence-corrected chi connectivity index (χ1v) is 8.51. The Morgan fingerprint density at radius 3 is 2.68 bits per heavy atom. The molecule has 1 N–H and O–H groups in total. The number of carbonyl (C=O) groups is 1. The summed E-state index contributed by atoms with van der Waals surface area (Å²) >= 11 is 1.45. The number of benzene rings is 1. The van der Waals surface area contributed by atoms with Gasteiger partial charge in [0.15, 0.2) is 0 Å². The van der Waals surface area contributed by atoms with E-state index in [9.17, 15) is 10.1 Å². The highest BCUT2D eigenvalue weighted by Gasteiger charge is 2.34. The van der Waals surface area contributed by atoms with E-state index in [1.807, 2.05) is 31.2 Å². The predicted octanol–water partition coefficient (Wildman–Crippen LogP) is 3.52. The van der Waals surface area contributed by atoms with Crippen molar-refractivity contribution < 1.29 is 9.53 Å². The second kappa shape index (κ2) is 7.55. The van der Waals surface area contributed by atoms with Gasteiger partial charge in [-0.3, -0.25) is 4.79 Å². The molecule has 1 amide bonds. The van der Waals surface area contributed by atoms with Gasteiger partial charge in [0.2, 0.25) is 5.91 Å². The summed E-state index contributed by atoms with van der Waals surface area (Å²) < 4.78 is 5.31. The molecule has 0 saturated heterocycles. The standard InChI is InChI=1S/C17H22N2O2S/c1-13(22-15-9-5-4-8-14(15)21-2)16(20)19-17(12-18)10-6-3-7-11-17/h4-5,8-9,13H,3,6-7,10-11H2,1-2H3,(H,19,20)/t13-/m1/s1. The van der Waals surface area contributed by atoms with E-state index in [1.54, 1.807) is 7.11 Å². The molecular formula is C17H22N2O2S. The largest absolute Gasteiger partial charge is 0.496 e. The number of nitrogens with zero attached hydrogens (tertiary/aromatic N) is 1. The molecule has 0 heterocycles. The van der Waals surface area contributed by atoms with Crippen molar-refractivity contribution in [1.29, 1.82) is 5.26 Å². The highest BCUT2D eigenvalue weighted by atomic mass is 32.2. The maximum atomic E-state index is 12.5. The van der Waals surface area contributed by atoms with Crippen LogP contribution in [-0.2, 0) is 4.79 Å². The summed E-state index contributed by atoms with van der Waals surface area (Å²) in [6.07, 6.45) is 4.65. The van der Waals surface area contributed by atoms with Crippen molar-refractivity contribution in [3.8, 4) is 11.8 Å². The van der Waals surface area contributed by atoms with Gasteiger partial charge in [-0.2, -0.15) is 5.26 Å². The zero-order chi connectivity index (χ0) is 16.0. The molecule has 0 unspecified atom stereocenters. The first kappa shape index (κ1) is 16.7. The Morgan fingerprint density at radius 1 is 1.36 bits per heavy atom. The van der Waals surface area contributed by atoms with Crippen molar-refractivity contribution in [2.24, 2.45) is 0 Å². The lowest BCUT2D eigenvalue weighted by Crippen LogP contribution is -2.50. The molecule has 4 nitrogen and oxygen atoms in total. The van der Waals surface area contributed by atoms with E-state index in [2.05, 4.69) is 11.4 Å². The van der Waals surface area contributed by atoms with E-state index in [0.29, 0.717) is 0 Å². The van der Waals surface area contributed by atoms with Gasteiger partial charge in [0.1, 0.15) is 11.3 Å². The van der Waals surface area contributed by atoms with Gasteiger partial charge in [0, 0.05) is 0 Å². The van der Waals surface area contributed by atoms with Crippen LogP contribution in [0.4, 0.5) is 0 Å². The number of para-hydroxylation sites is 1. The van der Waals surface area contributed by atoms with Gasteiger partial charge in [0.05, 0.1) is 23.3 Å². The first-order chi connectivity index (χ1) is 10.6. The number of rotatable bonds is 5. The lowest BCUT2D eigenvalue weighted by molar-refractivity contribution is -0.121. The van der Waals surface area contributed by atoms with Crippen molar-refractivity contribution in [2.75, 3.05) is 7.11 Å². The third-order valence-corrected chi connectivity index (χ3v) is 5.18. The molecule has 118 valence electrons. The van der Waals surface area contributed by atoms with E-state index in [-0.39, 0.29) is 11.2 Å². The Labute approximate surface area is 136 Å². The molecule has 1 atom stereocenters. The third kappa shape index (κ3) is 3.95. The fraction of sp³-hybridized carbons (Fsp3) is 0.529. The van der Waals surface area contributed by atoms with Crippen molar-refractivity contribution in [1.82, 2.24) is 5.32 Å². The molecule has 0 aliphatic heterocycles. The summed E-state index contributed by atoms with van der Waals surface area (Å²) in [5.74, 6) is 0.680. The summed E-state index contributed by atoms with van der Waals surface area (Å²) in [6, 6.07) is 9.97. The summed E-state index contributed by atoms with van der Waals surface area (Å²) in [7, 11) is 1.62. The van der Waals surface area contributed by atoms with E-state index < -0.39 is 5.54 Å². The molecule has 1 fully saturated rings. The maximum absolute atomic E-state index is 12.5. The minimum Gasteiger partial charge on any atom is -0.496 e. The molecular weight excluding hydrogens is 296 g/mol. The predicted molar refractivity (Wildman–Crippen MR) is 87.9 cm³/mol. The zero-order valence-electron chi connectivity index (χ0n) is 13.1. The van der Waals surface area contributed by atoms with E-state index in [1.165, 1.54) is 11.8 Å². The van der Waals surface area contributed by atoms with Gasteiger partial charge in [0.25, 0.3) is 0 Å². The second-order valence-electron chi connectivity index (χ2n) is 5.65. The van der Waals surface area contributed by atoms with Gasteiger partial charge < -0.3 is 10.1 Å². The average Bonchev–Trinajstić information content (AvgIpc) is 2.56. The van der Waals surface area contributed by atoms with E-state index in [0.717, 1.165) is 42.7 Å². The van der Waals surface area contributed by atoms with Crippen LogP contribution in [0, 0.1) is 11.3 Å². The quantitative estimate of drug-likeness (QED) is 0.844. The number of carbonyl (C=O) groups excluding carboxylic acids is 1. The Hall–Kier alpha value is -1.67. The third-order valence-electron chi connectivity index (χ3n) is 4.03. The topological polar surface area (TPSA) is 62.1 Å². The number of ether oxygens (including phenoxy) is 1. The number of amides is 1. The molecule has 2 rings (SSSR count). The van der Waals surface area contributed by atoms with Crippen LogP contribution in [-0.4, -0.2) is 23.8 Å². The van der Waals surface area contributed by atoms with E-state index in [4.69, 9.17) is 4.74 Å². The smallest absolute Gasteiger partial charge is 0.234 e. The molecule has 0 aromatic heterocycles. The minimum absolute atomic E-state index is 0.0839. The normalized spacial score (nSPS) is 18.0. The van der Waals surface area contributed by atoms with Gasteiger partial charge in [-0.1, -0.05) is 31.4 Å². The van der Waals surface area contributed by atoms with Crippen LogP contribution in [0.3, 0.4) is 0 Å². The molecule has 1 aromatic rings. The average molecular weight is 318 g/mol. The summed E-state index contributed by atoms with van der Waals surface area (Å²) in [5.41, 5.74) is -0.676. The van der Waals surface area contributed by atoms with Crippen LogP contribution in [0.2, 0.25) is 0 Å². The fourth-order valence-electron chi connectivity index (χ4n) is 2.72. The Morgan fingerprint density at radius 2 is 2.05 bits per heavy atom. The lowest BCUT2D eigenvalue weighted by Gasteiger charge is -2.32. The molecule has 0 radical (unpaired) electrons. The Balaban J connectivity index is 2.01. The van der Waals surface area contributed by atoms with Crippen LogP contribution >= 0.6 is 11.8 Å². The molecule has 1 aliphatic carbocycles. The van der Waals surface area contributed by atoms with Gasteiger partial charge in [-0.15, -0.1) is 11.8 Å². The molecule has 22 heavy (non-hydrogen) atoms. The molecule has 1 aliphatic rings. The molecule has 0 spiro atoms. The maximum Gasteiger partial charge on any atom is 0.234 e. The number of thioether (sulfide) groups is 1. The molecule has 1 aromatic carbocycles. The minimum atomic E-state index is -0.676. The van der Waals surface area contributed by atoms with Crippen molar-refractivity contribution in [2.45, 2.75) is 54.7 Å². The van der Waals surface area contributed by atoms with Gasteiger partial charge >= 0.3 is 0 Å². The number of hydrogen-bond acceptors (Lipinski definition) is 4.